The van der Waals surface area contributed by atoms with Crippen molar-refractivity contribution in [1.82, 2.24) is 10.3 Å². The van der Waals surface area contributed by atoms with Gasteiger partial charge in [-0.05, 0) is 60.9 Å². The van der Waals surface area contributed by atoms with Crippen LogP contribution >= 0.6 is 11.3 Å². The molecule has 1 aromatic heterocycles. The second-order valence-corrected chi connectivity index (χ2v) is 10.3. The van der Waals surface area contributed by atoms with E-state index in [0.29, 0.717) is 34.5 Å². The number of hydrogen-bond acceptors (Lipinski definition) is 7. The topological polar surface area (TPSA) is 130 Å². The number of sulfonamides is 1. The van der Waals surface area contributed by atoms with Gasteiger partial charge in [0.1, 0.15) is 16.4 Å². The van der Waals surface area contributed by atoms with Crippen molar-refractivity contribution in [2.45, 2.75) is 25.7 Å². The summed E-state index contributed by atoms with van der Waals surface area (Å²) in [5.41, 5.74) is 1.57. The van der Waals surface area contributed by atoms with Crippen LogP contribution in [0, 0.1) is 12.8 Å². The second-order valence-electron chi connectivity index (χ2n) is 7.68. The fraction of sp³-hybridized carbons (Fsp3) is 0.273. The first kappa shape index (κ1) is 24.3. The maximum atomic E-state index is 13.1. The molecule has 2 amide bonds. The Hall–Kier alpha value is -3.31. The molecule has 0 saturated carbocycles. The highest BCUT2D eigenvalue weighted by Crippen LogP contribution is 2.37. The second kappa shape index (κ2) is 10.1. The molecular formula is C22H26N4O5S2. The highest BCUT2D eigenvalue weighted by Gasteiger charge is 2.22. The van der Waals surface area contributed by atoms with E-state index in [2.05, 4.69) is 20.3 Å². The molecule has 0 aliphatic carbocycles. The molecule has 0 fully saturated rings. The molecule has 0 unspecified atom stereocenters. The van der Waals surface area contributed by atoms with Crippen LogP contribution in [0.4, 0.5) is 15.6 Å². The third kappa shape index (κ3) is 6.14. The first-order valence-corrected chi connectivity index (χ1v) is 12.4. The Morgan fingerprint density at radius 3 is 2.52 bits per heavy atom. The van der Waals surface area contributed by atoms with Gasteiger partial charge in [0.05, 0.1) is 17.7 Å². The zero-order chi connectivity index (χ0) is 24.2. The van der Waals surface area contributed by atoms with Gasteiger partial charge in [0, 0.05) is 12.2 Å². The molecule has 3 aromatic rings. The summed E-state index contributed by atoms with van der Waals surface area (Å²) < 4.78 is 33.9. The van der Waals surface area contributed by atoms with Gasteiger partial charge in [0.25, 0.3) is 10.0 Å². The summed E-state index contributed by atoms with van der Waals surface area (Å²) in [5, 5.41) is 15.3. The molecule has 0 radical (unpaired) electrons. The summed E-state index contributed by atoms with van der Waals surface area (Å²) in [6, 6.07) is 10.2. The number of phenols is 1. The van der Waals surface area contributed by atoms with Crippen LogP contribution in [0.15, 0.2) is 47.4 Å². The number of urea groups is 1. The van der Waals surface area contributed by atoms with E-state index in [1.165, 1.54) is 48.8 Å². The third-order valence-corrected chi connectivity index (χ3v) is 7.05. The van der Waals surface area contributed by atoms with Crippen molar-refractivity contribution in [2.75, 3.05) is 23.7 Å². The quantitative estimate of drug-likeness (QED) is 0.346. The number of carbonyl (C=O) groups is 1. The van der Waals surface area contributed by atoms with E-state index in [-0.39, 0.29) is 22.4 Å². The van der Waals surface area contributed by atoms with Crippen LogP contribution in [0.1, 0.15) is 19.5 Å². The third-order valence-electron chi connectivity index (χ3n) is 4.52. The first-order valence-electron chi connectivity index (χ1n) is 10.1. The minimum Gasteiger partial charge on any atom is -0.508 e. The van der Waals surface area contributed by atoms with Crippen LogP contribution in [-0.2, 0) is 10.0 Å². The van der Waals surface area contributed by atoms with Crippen LogP contribution in [0.25, 0.3) is 10.4 Å². The van der Waals surface area contributed by atoms with E-state index >= 15 is 0 Å². The summed E-state index contributed by atoms with van der Waals surface area (Å²) in [6.07, 6.45) is 0. The number of aryl methyl sites for hydroxylation is 1. The number of aromatic nitrogens is 1. The van der Waals surface area contributed by atoms with E-state index in [1.54, 1.807) is 19.1 Å². The fourth-order valence-electron chi connectivity index (χ4n) is 2.92. The van der Waals surface area contributed by atoms with Crippen LogP contribution < -0.4 is 20.1 Å². The molecule has 0 spiro atoms. The molecule has 0 atom stereocenters. The smallest absolute Gasteiger partial charge is 0.321 e. The first-order chi connectivity index (χ1) is 15.6. The zero-order valence-corrected chi connectivity index (χ0v) is 20.3. The van der Waals surface area contributed by atoms with Crippen molar-refractivity contribution in [3.63, 3.8) is 0 Å². The van der Waals surface area contributed by atoms with E-state index in [0.717, 1.165) is 4.88 Å². The molecule has 0 aliphatic heterocycles. The van der Waals surface area contributed by atoms with Crippen LogP contribution in [0.3, 0.4) is 0 Å². The molecule has 176 valence electrons. The number of thiazole rings is 1. The Morgan fingerprint density at radius 2 is 1.88 bits per heavy atom. The molecule has 2 aromatic carbocycles. The van der Waals surface area contributed by atoms with Crippen LogP contribution in [0.5, 0.6) is 11.5 Å². The molecule has 11 heteroatoms. The Kier molecular flexibility index (Phi) is 7.44. The summed E-state index contributed by atoms with van der Waals surface area (Å²) >= 11 is 1.25. The van der Waals surface area contributed by atoms with Gasteiger partial charge in [-0.25, -0.2) is 18.2 Å². The van der Waals surface area contributed by atoms with Gasteiger partial charge in [-0.2, -0.15) is 0 Å². The number of aromatic hydroxyl groups is 1. The molecular weight excluding hydrogens is 464 g/mol. The van der Waals surface area contributed by atoms with Crippen molar-refractivity contribution >= 4 is 38.2 Å². The largest absolute Gasteiger partial charge is 0.508 e. The van der Waals surface area contributed by atoms with Gasteiger partial charge in [-0.15, -0.1) is 0 Å². The minimum atomic E-state index is -3.99. The van der Waals surface area contributed by atoms with Gasteiger partial charge in [-0.3, -0.25) is 10.0 Å². The number of methoxy groups -OCH3 is 1. The van der Waals surface area contributed by atoms with Crippen molar-refractivity contribution in [1.29, 1.82) is 0 Å². The Balaban J connectivity index is 1.90. The highest BCUT2D eigenvalue weighted by molar-refractivity contribution is 7.92. The number of amides is 2. The molecule has 33 heavy (non-hydrogen) atoms. The van der Waals surface area contributed by atoms with Crippen molar-refractivity contribution in [3.8, 4) is 21.9 Å². The number of hydrogen-bond donors (Lipinski definition) is 4. The van der Waals surface area contributed by atoms with Gasteiger partial charge in [0.15, 0.2) is 5.13 Å². The summed E-state index contributed by atoms with van der Waals surface area (Å²) in [7, 11) is -2.60. The predicted octanol–water partition coefficient (Wildman–Crippen LogP) is 4.41. The monoisotopic (exact) mass is 490 g/mol. The van der Waals surface area contributed by atoms with Crippen LogP contribution in [-0.4, -0.2) is 38.2 Å². The Morgan fingerprint density at radius 1 is 1.18 bits per heavy atom. The van der Waals surface area contributed by atoms with Gasteiger partial charge < -0.3 is 15.2 Å². The number of nitrogens with one attached hydrogen (secondary N) is 3. The standard InChI is InChI=1S/C22H26N4O5S2/c1-13(2)12-23-21(28)25-22-24-14(3)20(32-22)15-5-10-18(31-4)19(11-15)33(29,30)26-16-6-8-17(27)9-7-16/h5-11,13,26-27H,12H2,1-4H3,(H2,23,24,25,28). The number of nitrogens with zero attached hydrogens (tertiary/aromatic N) is 1. The van der Waals surface area contributed by atoms with Gasteiger partial charge in [-0.1, -0.05) is 25.2 Å². The molecule has 0 bridgehead atoms. The maximum Gasteiger partial charge on any atom is 0.321 e. The average molecular weight is 491 g/mol. The number of anilines is 2. The molecule has 0 saturated heterocycles. The molecule has 3 rings (SSSR count). The fourth-order valence-corrected chi connectivity index (χ4v) is 5.14. The zero-order valence-electron chi connectivity index (χ0n) is 18.7. The normalized spacial score (nSPS) is 11.3. The number of carbonyl (C=O) groups excluding carboxylic acids is 1. The van der Waals surface area contributed by atoms with E-state index in [1.807, 2.05) is 13.8 Å². The summed E-state index contributed by atoms with van der Waals surface area (Å²) in [5.74, 6) is 0.526. The lowest BCUT2D eigenvalue weighted by Gasteiger charge is -2.13. The lowest BCUT2D eigenvalue weighted by molar-refractivity contribution is 0.251. The Bertz CT molecular complexity index is 1240. The van der Waals surface area contributed by atoms with Crippen molar-refractivity contribution < 1.29 is 23.1 Å². The number of phenolic OH excluding ortho intramolecular Hbond substituents is 1. The number of ether oxygens (including phenoxy) is 1. The Labute approximate surface area is 196 Å². The summed E-state index contributed by atoms with van der Waals surface area (Å²) in [4.78, 5) is 17.1. The van der Waals surface area contributed by atoms with Gasteiger partial charge in [0.2, 0.25) is 0 Å². The van der Waals surface area contributed by atoms with E-state index in [9.17, 15) is 18.3 Å². The number of rotatable bonds is 8. The maximum absolute atomic E-state index is 13.1. The average Bonchev–Trinajstić information content (AvgIpc) is 3.13. The molecule has 4 N–H and O–H groups in total. The molecule has 9 nitrogen and oxygen atoms in total. The molecule has 0 aliphatic rings. The van der Waals surface area contributed by atoms with Crippen molar-refractivity contribution in [2.24, 2.45) is 5.92 Å². The van der Waals surface area contributed by atoms with E-state index < -0.39 is 10.0 Å². The SMILES string of the molecule is COc1ccc(-c2sc(NC(=O)NCC(C)C)nc2C)cc1S(=O)(=O)Nc1ccc(O)cc1. The molecule has 1 heterocycles. The van der Waals surface area contributed by atoms with Crippen LogP contribution in [0.2, 0.25) is 0 Å². The lowest BCUT2D eigenvalue weighted by atomic mass is 10.1. The highest BCUT2D eigenvalue weighted by atomic mass is 32.2. The van der Waals surface area contributed by atoms with Crippen molar-refractivity contribution in [3.05, 3.63) is 48.2 Å². The minimum absolute atomic E-state index is 0.0282. The number of benzene rings is 2. The van der Waals surface area contributed by atoms with E-state index in [4.69, 9.17) is 4.74 Å². The predicted molar refractivity (Wildman–Crippen MR) is 130 cm³/mol. The lowest BCUT2D eigenvalue weighted by Crippen LogP contribution is -2.31. The summed E-state index contributed by atoms with van der Waals surface area (Å²) in [6.45, 7) is 6.32. The van der Waals surface area contributed by atoms with Gasteiger partial charge >= 0.3 is 6.03 Å².